The number of hydrogen-bond acceptors (Lipinski definition) is 6. The minimum absolute atomic E-state index is 0.151. The Morgan fingerprint density at radius 3 is 2.60 bits per heavy atom. The third-order valence-corrected chi connectivity index (χ3v) is 4.61. The monoisotopic (exact) mass is 370 g/mol. The summed E-state index contributed by atoms with van der Waals surface area (Å²) in [4.78, 5) is 26.0. The van der Waals surface area contributed by atoms with Crippen LogP contribution in [0.1, 0.15) is 18.4 Å². The molecule has 2 aliphatic rings. The van der Waals surface area contributed by atoms with Crippen molar-refractivity contribution in [3.63, 3.8) is 0 Å². The molecule has 1 aromatic carbocycles. The SMILES string of the molecule is NCc1ccc(NC(=O)C2CCC3CN2C(=O)N3OS(=O)(=O)O)cc1. The number of amides is 3. The molecule has 11 heteroatoms. The second-order valence-electron chi connectivity index (χ2n) is 5.90. The van der Waals surface area contributed by atoms with Crippen molar-refractivity contribution in [1.29, 1.82) is 0 Å². The first kappa shape index (κ1) is 17.6. The predicted molar refractivity (Wildman–Crippen MR) is 86.3 cm³/mol. The number of nitrogens with two attached hydrogens (primary N) is 1. The van der Waals surface area contributed by atoms with Crippen LogP contribution in [0.2, 0.25) is 0 Å². The third kappa shape index (κ3) is 3.74. The maximum atomic E-state index is 12.5. The molecule has 0 radical (unpaired) electrons. The first-order valence-electron chi connectivity index (χ1n) is 7.65. The summed E-state index contributed by atoms with van der Waals surface area (Å²) in [5.74, 6) is -0.374. The molecule has 4 N–H and O–H groups in total. The lowest BCUT2D eigenvalue weighted by molar-refractivity contribution is -0.120. The Kier molecular flexibility index (Phi) is 4.64. The van der Waals surface area contributed by atoms with E-state index in [1.807, 2.05) is 0 Å². The molecule has 2 aliphatic heterocycles. The largest absolute Gasteiger partial charge is 0.418 e. The molecule has 3 amide bonds. The first-order valence-corrected chi connectivity index (χ1v) is 9.01. The number of anilines is 1. The highest BCUT2D eigenvalue weighted by Crippen LogP contribution is 2.31. The summed E-state index contributed by atoms with van der Waals surface area (Å²) in [6.45, 7) is 0.544. The Bertz CT molecular complexity index is 781. The standard InChI is InChI=1S/C14H18N4O6S/c15-7-9-1-3-10(4-2-9)16-13(19)12-6-5-11-8-17(12)14(20)18(11)24-25(21,22)23/h1-4,11-12H,5-8,15H2,(H,16,19)(H,21,22,23). The van der Waals surface area contributed by atoms with Crippen LogP contribution in [0.3, 0.4) is 0 Å². The zero-order chi connectivity index (χ0) is 18.2. The van der Waals surface area contributed by atoms with Crippen LogP contribution < -0.4 is 11.1 Å². The normalized spacial score (nSPS) is 23.0. The summed E-state index contributed by atoms with van der Waals surface area (Å²) >= 11 is 0. The highest BCUT2D eigenvalue weighted by atomic mass is 32.3. The van der Waals surface area contributed by atoms with Gasteiger partial charge in [0.1, 0.15) is 6.04 Å². The molecule has 2 bridgehead atoms. The Hall–Kier alpha value is -2.21. The zero-order valence-electron chi connectivity index (χ0n) is 13.2. The number of carbonyl (C=O) groups is 2. The van der Waals surface area contributed by atoms with Crippen molar-refractivity contribution in [2.24, 2.45) is 5.73 Å². The van der Waals surface area contributed by atoms with E-state index in [1.165, 1.54) is 4.90 Å². The molecule has 25 heavy (non-hydrogen) atoms. The number of rotatable bonds is 5. The van der Waals surface area contributed by atoms with E-state index >= 15 is 0 Å². The number of fused-ring (bicyclic) bond motifs is 2. The lowest BCUT2D eigenvalue weighted by Gasteiger charge is -2.29. The maximum Gasteiger partial charge on any atom is 0.418 e. The van der Waals surface area contributed by atoms with Gasteiger partial charge in [0, 0.05) is 18.8 Å². The quantitative estimate of drug-likeness (QED) is 0.623. The summed E-state index contributed by atoms with van der Waals surface area (Å²) in [7, 11) is -4.80. The Labute approximate surface area is 144 Å². The molecular formula is C14H18N4O6S. The molecule has 1 aromatic rings. The second kappa shape index (κ2) is 6.59. The van der Waals surface area contributed by atoms with Crippen molar-refractivity contribution in [1.82, 2.24) is 9.96 Å². The van der Waals surface area contributed by atoms with Crippen LogP contribution >= 0.6 is 0 Å². The van der Waals surface area contributed by atoms with Gasteiger partial charge in [-0.25, -0.2) is 4.79 Å². The van der Waals surface area contributed by atoms with Gasteiger partial charge in [-0.05, 0) is 30.5 Å². The molecule has 0 saturated carbocycles. The predicted octanol–water partition coefficient (Wildman–Crippen LogP) is 0.0868. The highest BCUT2D eigenvalue weighted by molar-refractivity contribution is 7.80. The maximum absolute atomic E-state index is 12.5. The zero-order valence-corrected chi connectivity index (χ0v) is 14.0. The van der Waals surface area contributed by atoms with Gasteiger partial charge in [0.15, 0.2) is 0 Å². The third-order valence-electron chi connectivity index (χ3n) is 4.26. The number of carbonyl (C=O) groups excluding carboxylic acids is 2. The van der Waals surface area contributed by atoms with Gasteiger partial charge in [-0.2, -0.15) is 13.5 Å². The van der Waals surface area contributed by atoms with Gasteiger partial charge >= 0.3 is 16.4 Å². The molecule has 10 nitrogen and oxygen atoms in total. The lowest BCUT2D eigenvalue weighted by atomic mass is 10.00. The summed E-state index contributed by atoms with van der Waals surface area (Å²) < 4.78 is 34.8. The van der Waals surface area contributed by atoms with Gasteiger partial charge in [-0.3, -0.25) is 9.35 Å². The van der Waals surface area contributed by atoms with Crippen molar-refractivity contribution < 1.29 is 26.8 Å². The fourth-order valence-corrected chi connectivity index (χ4v) is 3.44. The van der Waals surface area contributed by atoms with E-state index in [0.717, 1.165) is 5.56 Å². The van der Waals surface area contributed by atoms with Gasteiger partial charge in [0.25, 0.3) is 0 Å². The molecule has 2 fully saturated rings. The summed E-state index contributed by atoms with van der Waals surface area (Å²) in [5, 5.41) is 3.34. The number of benzene rings is 1. The van der Waals surface area contributed by atoms with Crippen LogP contribution in [0.25, 0.3) is 0 Å². The topological polar surface area (TPSA) is 142 Å². The lowest BCUT2D eigenvalue weighted by Crippen LogP contribution is -2.47. The fourth-order valence-electron chi connectivity index (χ4n) is 3.05. The van der Waals surface area contributed by atoms with E-state index in [-0.39, 0.29) is 12.5 Å². The summed E-state index contributed by atoms with van der Waals surface area (Å²) in [6.07, 6.45) is 0.733. The van der Waals surface area contributed by atoms with E-state index in [1.54, 1.807) is 24.3 Å². The van der Waals surface area contributed by atoms with Crippen LogP contribution in [-0.4, -0.2) is 53.5 Å². The second-order valence-corrected chi connectivity index (χ2v) is 6.90. The Balaban J connectivity index is 1.69. The van der Waals surface area contributed by atoms with Gasteiger partial charge in [-0.15, -0.1) is 4.28 Å². The summed E-state index contributed by atoms with van der Waals surface area (Å²) in [5.41, 5.74) is 7.02. The molecule has 136 valence electrons. The van der Waals surface area contributed by atoms with Crippen LogP contribution in [0, 0.1) is 0 Å². The smallest absolute Gasteiger partial charge is 0.326 e. The van der Waals surface area contributed by atoms with Gasteiger partial charge in [0.2, 0.25) is 5.91 Å². The van der Waals surface area contributed by atoms with E-state index in [2.05, 4.69) is 9.60 Å². The highest BCUT2D eigenvalue weighted by Gasteiger charge is 2.49. The van der Waals surface area contributed by atoms with Crippen molar-refractivity contribution >= 4 is 28.0 Å². The van der Waals surface area contributed by atoms with Crippen LogP contribution in [-0.2, 0) is 26.0 Å². The Morgan fingerprint density at radius 1 is 1.32 bits per heavy atom. The van der Waals surface area contributed by atoms with E-state index < -0.39 is 28.5 Å². The Morgan fingerprint density at radius 2 is 2.00 bits per heavy atom. The summed E-state index contributed by atoms with van der Waals surface area (Å²) in [6, 6.07) is 4.97. The number of hydrogen-bond donors (Lipinski definition) is 3. The molecule has 3 rings (SSSR count). The van der Waals surface area contributed by atoms with E-state index in [4.69, 9.17) is 10.3 Å². The van der Waals surface area contributed by atoms with Gasteiger partial charge in [0.05, 0.1) is 6.04 Å². The number of piperidine rings is 1. The molecule has 2 heterocycles. The molecule has 2 unspecified atom stereocenters. The fraction of sp³-hybridized carbons (Fsp3) is 0.429. The van der Waals surface area contributed by atoms with E-state index in [9.17, 15) is 18.0 Å². The van der Waals surface area contributed by atoms with Crippen LogP contribution in [0.4, 0.5) is 10.5 Å². The molecule has 0 aliphatic carbocycles. The molecule has 0 aromatic heterocycles. The van der Waals surface area contributed by atoms with Crippen LogP contribution in [0.15, 0.2) is 24.3 Å². The van der Waals surface area contributed by atoms with Gasteiger partial charge in [-0.1, -0.05) is 12.1 Å². The first-order chi connectivity index (χ1) is 11.8. The van der Waals surface area contributed by atoms with Crippen LogP contribution in [0.5, 0.6) is 0 Å². The number of urea groups is 1. The van der Waals surface area contributed by atoms with Crippen molar-refractivity contribution in [2.75, 3.05) is 11.9 Å². The van der Waals surface area contributed by atoms with Crippen molar-refractivity contribution in [2.45, 2.75) is 31.5 Å². The molecule has 0 spiro atoms. The average Bonchev–Trinajstić information content (AvgIpc) is 2.79. The van der Waals surface area contributed by atoms with Crippen molar-refractivity contribution in [3.8, 4) is 0 Å². The average molecular weight is 370 g/mol. The number of nitrogens with one attached hydrogen (secondary N) is 1. The minimum atomic E-state index is -4.80. The molecular weight excluding hydrogens is 352 g/mol. The van der Waals surface area contributed by atoms with Crippen molar-refractivity contribution in [3.05, 3.63) is 29.8 Å². The minimum Gasteiger partial charge on any atom is -0.326 e. The molecule has 2 atom stereocenters. The number of nitrogens with zero attached hydrogens (tertiary/aromatic N) is 2. The van der Waals surface area contributed by atoms with Gasteiger partial charge < -0.3 is 16.0 Å². The molecule has 2 saturated heterocycles. The van der Waals surface area contributed by atoms with E-state index in [0.29, 0.717) is 30.1 Å². The number of hydroxylamine groups is 2.